The second kappa shape index (κ2) is 6.92. The Morgan fingerprint density at radius 2 is 1.90 bits per heavy atom. The highest BCUT2D eigenvalue weighted by Crippen LogP contribution is 2.35. The zero-order chi connectivity index (χ0) is 20.8. The van der Waals surface area contributed by atoms with Crippen LogP contribution in [0.1, 0.15) is 5.56 Å². The minimum atomic E-state index is -4.50. The Morgan fingerprint density at radius 3 is 2.62 bits per heavy atom. The van der Waals surface area contributed by atoms with Crippen molar-refractivity contribution in [2.45, 2.75) is 11.3 Å². The molecular formula is C18H13F3N6OS. The van der Waals surface area contributed by atoms with Crippen LogP contribution in [0.25, 0.3) is 28.4 Å². The van der Waals surface area contributed by atoms with Crippen LogP contribution in [-0.4, -0.2) is 34.8 Å². The number of halogens is 3. The number of nitrogen functional groups attached to an aromatic ring is 1. The summed E-state index contributed by atoms with van der Waals surface area (Å²) in [5.74, 6) is 0.410. The SMILES string of the molecule is CS(=O)c1nccc(-c2c(-c3cccc(C(F)(F)F)c3)nc3nc(N)ccn23)n1. The van der Waals surface area contributed by atoms with Crippen molar-refractivity contribution in [3.63, 3.8) is 0 Å². The molecule has 0 saturated heterocycles. The number of nitrogens with zero attached hydrogens (tertiary/aromatic N) is 5. The molecule has 2 N–H and O–H groups in total. The first-order valence-corrected chi connectivity index (χ1v) is 9.79. The van der Waals surface area contributed by atoms with Gasteiger partial charge in [-0.3, -0.25) is 8.61 Å². The van der Waals surface area contributed by atoms with E-state index in [1.807, 2.05) is 0 Å². The molecule has 4 aromatic rings. The lowest BCUT2D eigenvalue weighted by Gasteiger charge is -2.09. The summed E-state index contributed by atoms with van der Waals surface area (Å²) in [7, 11) is -1.44. The summed E-state index contributed by atoms with van der Waals surface area (Å²) in [6.45, 7) is 0. The molecule has 3 heterocycles. The van der Waals surface area contributed by atoms with E-state index in [2.05, 4.69) is 19.9 Å². The summed E-state index contributed by atoms with van der Waals surface area (Å²) in [5, 5.41) is 0.0934. The van der Waals surface area contributed by atoms with E-state index in [0.717, 1.165) is 12.1 Å². The molecule has 0 bridgehead atoms. The molecule has 7 nitrogen and oxygen atoms in total. The van der Waals surface area contributed by atoms with Crippen LogP contribution < -0.4 is 5.73 Å². The molecule has 0 fully saturated rings. The van der Waals surface area contributed by atoms with E-state index in [0.29, 0.717) is 11.4 Å². The van der Waals surface area contributed by atoms with Crippen LogP contribution in [0.2, 0.25) is 0 Å². The standard InChI is InChI=1S/C18H13F3N6OS/c1-29(28)17-23-7-5-12(24-17)15-14(26-16-25-13(22)6-8-27(15)16)10-3-2-4-11(9-10)18(19,20)21/h2-9H,1H3,(H2,22,25,26). The zero-order valence-electron chi connectivity index (χ0n) is 14.9. The van der Waals surface area contributed by atoms with Gasteiger partial charge >= 0.3 is 6.18 Å². The van der Waals surface area contributed by atoms with Gasteiger partial charge in [-0.2, -0.15) is 18.2 Å². The lowest BCUT2D eigenvalue weighted by Crippen LogP contribution is -2.04. The predicted molar refractivity (Wildman–Crippen MR) is 101 cm³/mol. The van der Waals surface area contributed by atoms with Crippen molar-refractivity contribution in [2.24, 2.45) is 0 Å². The minimum absolute atomic E-state index is 0.0934. The first kappa shape index (κ1) is 19.0. The van der Waals surface area contributed by atoms with E-state index >= 15 is 0 Å². The first-order chi connectivity index (χ1) is 13.7. The van der Waals surface area contributed by atoms with Crippen molar-refractivity contribution in [3.05, 3.63) is 54.4 Å². The number of rotatable bonds is 3. The third-order valence-electron chi connectivity index (χ3n) is 4.11. The molecule has 3 aromatic heterocycles. The van der Waals surface area contributed by atoms with Gasteiger partial charge in [0.25, 0.3) is 0 Å². The summed E-state index contributed by atoms with van der Waals surface area (Å²) >= 11 is 0. The van der Waals surface area contributed by atoms with Gasteiger partial charge < -0.3 is 5.73 Å². The van der Waals surface area contributed by atoms with Gasteiger partial charge in [0, 0.05) is 24.2 Å². The Bertz CT molecular complexity index is 1250. The van der Waals surface area contributed by atoms with E-state index < -0.39 is 22.5 Å². The van der Waals surface area contributed by atoms with Crippen LogP contribution in [0.3, 0.4) is 0 Å². The number of benzene rings is 1. The summed E-state index contributed by atoms with van der Waals surface area (Å²) in [6, 6.07) is 7.92. The number of fused-ring (bicyclic) bond motifs is 1. The Hall–Kier alpha value is -3.34. The van der Waals surface area contributed by atoms with Crippen molar-refractivity contribution in [1.29, 1.82) is 0 Å². The molecule has 29 heavy (non-hydrogen) atoms. The fourth-order valence-electron chi connectivity index (χ4n) is 2.84. The number of alkyl halides is 3. The molecular weight excluding hydrogens is 405 g/mol. The number of aromatic nitrogens is 5. The number of anilines is 1. The van der Waals surface area contributed by atoms with E-state index in [9.17, 15) is 17.4 Å². The van der Waals surface area contributed by atoms with E-state index in [4.69, 9.17) is 5.73 Å². The maximum atomic E-state index is 13.2. The topological polar surface area (TPSA) is 99.1 Å². The molecule has 0 saturated carbocycles. The Morgan fingerprint density at radius 1 is 1.10 bits per heavy atom. The Balaban J connectivity index is 2.02. The molecule has 1 unspecified atom stereocenters. The highest BCUT2D eigenvalue weighted by Gasteiger charge is 2.31. The summed E-state index contributed by atoms with van der Waals surface area (Å²) in [4.78, 5) is 16.8. The highest BCUT2D eigenvalue weighted by molar-refractivity contribution is 7.84. The van der Waals surface area contributed by atoms with Crippen molar-refractivity contribution in [2.75, 3.05) is 12.0 Å². The summed E-state index contributed by atoms with van der Waals surface area (Å²) in [6.07, 6.45) is -0.0380. The lowest BCUT2D eigenvalue weighted by atomic mass is 10.1. The average molecular weight is 418 g/mol. The molecule has 11 heteroatoms. The van der Waals surface area contributed by atoms with Crippen LogP contribution in [0.4, 0.5) is 19.0 Å². The summed E-state index contributed by atoms with van der Waals surface area (Å²) < 4.78 is 53.0. The van der Waals surface area contributed by atoms with Crippen molar-refractivity contribution in [1.82, 2.24) is 24.3 Å². The molecule has 0 aliphatic heterocycles. The van der Waals surface area contributed by atoms with Gasteiger partial charge in [-0.05, 0) is 24.3 Å². The van der Waals surface area contributed by atoms with Crippen LogP contribution >= 0.6 is 0 Å². The normalized spacial score (nSPS) is 13.0. The minimum Gasteiger partial charge on any atom is -0.384 e. The Labute approximate surface area is 164 Å². The lowest BCUT2D eigenvalue weighted by molar-refractivity contribution is -0.137. The second-order valence-electron chi connectivity index (χ2n) is 6.09. The van der Waals surface area contributed by atoms with Crippen molar-refractivity contribution < 1.29 is 17.4 Å². The fourth-order valence-corrected chi connectivity index (χ4v) is 3.28. The van der Waals surface area contributed by atoms with Gasteiger partial charge in [0.15, 0.2) is 0 Å². The molecule has 0 radical (unpaired) electrons. The van der Waals surface area contributed by atoms with Crippen molar-refractivity contribution >= 4 is 22.4 Å². The number of hydrogen-bond donors (Lipinski definition) is 1. The van der Waals surface area contributed by atoms with E-state index in [1.165, 1.54) is 30.7 Å². The van der Waals surface area contributed by atoms with Crippen LogP contribution in [-0.2, 0) is 17.0 Å². The molecule has 148 valence electrons. The first-order valence-electron chi connectivity index (χ1n) is 8.23. The monoisotopic (exact) mass is 418 g/mol. The van der Waals surface area contributed by atoms with Gasteiger partial charge in [-0.15, -0.1) is 0 Å². The zero-order valence-corrected chi connectivity index (χ0v) is 15.7. The van der Waals surface area contributed by atoms with Crippen LogP contribution in [0.15, 0.2) is 53.9 Å². The third kappa shape index (κ3) is 3.56. The third-order valence-corrected chi connectivity index (χ3v) is 4.82. The van der Waals surface area contributed by atoms with Crippen LogP contribution in [0.5, 0.6) is 0 Å². The predicted octanol–water partition coefficient (Wildman–Crippen LogP) is 3.19. The second-order valence-corrected chi connectivity index (χ2v) is 7.36. The fraction of sp³-hybridized carbons (Fsp3) is 0.111. The van der Waals surface area contributed by atoms with Gasteiger partial charge in [0.05, 0.1) is 22.1 Å². The molecule has 0 aliphatic rings. The van der Waals surface area contributed by atoms with Gasteiger partial charge in [0.1, 0.15) is 17.2 Å². The number of imidazole rings is 1. The largest absolute Gasteiger partial charge is 0.416 e. The molecule has 1 aromatic carbocycles. The number of nitrogens with two attached hydrogens (primary N) is 1. The molecule has 0 spiro atoms. The van der Waals surface area contributed by atoms with Crippen LogP contribution in [0, 0.1) is 0 Å². The van der Waals surface area contributed by atoms with Crippen molar-refractivity contribution in [3.8, 4) is 22.6 Å². The maximum Gasteiger partial charge on any atom is 0.416 e. The highest BCUT2D eigenvalue weighted by atomic mass is 32.2. The molecule has 0 aliphatic carbocycles. The van der Waals surface area contributed by atoms with Gasteiger partial charge in [-0.25, -0.2) is 15.0 Å². The smallest absolute Gasteiger partial charge is 0.384 e. The average Bonchev–Trinajstić information content (AvgIpc) is 3.06. The quantitative estimate of drug-likeness (QED) is 0.513. The van der Waals surface area contributed by atoms with E-state index in [1.54, 1.807) is 16.7 Å². The molecule has 1 atom stereocenters. The summed E-state index contributed by atoms with van der Waals surface area (Å²) in [5.41, 5.74) is 6.13. The molecule has 0 amide bonds. The van der Waals surface area contributed by atoms with Gasteiger partial charge in [0.2, 0.25) is 10.9 Å². The van der Waals surface area contributed by atoms with Gasteiger partial charge in [-0.1, -0.05) is 12.1 Å². The Kier molecular flexibility index (Phi) is 4.53. The molecule has 4 rings (SSSR count). The maximum absolute atomic E-state index is 13.2. The number of hydrogen-bond acceptors (Lipinski definition) is 6. The van der Waals surface area contributed by atoms with E-state index in [-0.39, 0.29) is 28.0 Å².